The highest BCUT2D eigenvalue weighted by Crippen LogP contribution is 2.43. The lowest BCUT2D eigenvalue weighted by atomic mass is 10.1. The zero-order chi connectivity index (χ0) is 13.9. The molecule has 0 spiro atoms. The molecular weight excluding hydrogens is 320 g/mol. The number of thiol groups is 1. The Bertz CT molecular complexity index is 978. The molecule has 0 radical (unpaired) electrons. The monoisotopic (exact) mass is 332 g/mol. The molecular formula is C16H12S4. The summed E-state index contributed by atoms with van der Waals surface area (Å²) in [6.45, 7) is 4.39. The summed E-state index contributed by atoms with van der Waals surface area (Å²) < 4.78 is 5.65. The van der Waals surface area contributed by atoms with E-state index in [0.717, 1.165) is 0 Å². The number of fused-ring (bicyclic) bond motifs is 4. The van der Waals surface area contributed by atoms with Crippen LogP contribution < -0.4 is 0 Å². The molecule has 0 unspecified atom stereocenters. The molecule has 0 aliphatic carbocycles. The zero-order valence-electron chi connectivity index (χ0n) is 11.1. The Balaban J connectivity index is 2.12. The fourth-order valence-electron chi connectivity index (χ4n) is 2.63. The van der Waals surface area contributed by atoms with Gasteiger partial charge in [-0.15, -0.1) is 34.0 Å². The van der Waals surface area contributed by atoms with Crippen LogP contribution in [-0.2, 0) is 0 Å². The molecule has 0 saturated heterocycles. The van der Waals surface area contributed by atoms with Crippen LogP contribution >= 0.6 is 46.6 Å². The Hall–Kier alpha value is -0.810. The molecule has 0 aliphatic heterocycles. The van der Waals surface area contributed by atoms with E-state index >= 15 is 0 Å². The second-order valence-electron chi connectivity index (χ2n) is 4.90. The van der Waals surface area contributed by atoms with E-state index in [2.05, 4.69) is 50.8 Å². The SMILES string of the molecule is Cc1cc2sc3cc4c(C)c(/C=C\S)sc4cc3c2s1. The fraction of sp³-hybridized carbons (Fsp3) is 0.125. The number of hydrogen-bond donors (Lipinski definition) is 1. The van der Waals surface area contributed by atoms with Gasteiger partial charge in [-0.2, -0.15) is 12.6 Å². The lowest BCUT2D eigenvalue weighted by Crippen LogP contribution is -1.71. The van der Waals surface area contributed by atoms with Crippen LogP contribution in [0.2, 0.25) is 0 Å². The average Bonchev–Trinajstić information content (AvgIpc) is 3.01. The normalized spacial score (nSPS) is 12.6. The van der Waals surface area contributed by atoms with Crippen molar-refractivity contribution in [3.63, 3.8) is 0 Å². The molecule has 4 aromatic rings. The Labute approximate surface area is 134 Å². The smallest absolute Gasteiger partial charge is 0.0532 e. The van der Waals surface area contributed by atoms with Crippen molar-refractivity contribution in [2.45, 2.75) is 13.8 Å². The molecule has 3 heterocycles. The molecule has 0 aliphatic rings. The van der Waals surface area contributed by atoms with Crippen LogP contribution in [0.1, 0.15) is 15.3 Å². The summed E-state index contributed by atoms with van der Waals surface area (Å²) >= 11 is 9.87. The summed E-state index contributed by atoms with van der Waals surface area (Å²) in [5.41, 5.74) is 1.37. The molecule has 0 saturated carbocycles. The van der Waals surface area contributed by atoms with Gasteiger partial charge in [0.25, 0.3) is 0 Å². The molecule has 0 atom stereocenters. The average molecular weight is 333 g/mol. The molecule has 0 fully saturated rings. The minimum Gasteiger partial charge on any atom is -0.151 e. The molecule has 20 heavy (non-hydrogen) atoms. The predicted octanol–water partition coefficient (Wildman–Crippen LogP) is 6.85. The third kappa shape index (κ3) is 1.79. The van der Waals surface area contributed by atoms with Crippen molar-refractivity contribution in [1.82, 2.24) is 0 Å². The van der Waals surface area contributed by atoms with E-state index in [-0.39, 0.29) is 0 Å². The van der Waals surface area contributed by atoms with Gasteiger partial charge in [-0.3, -0.25) is 0 Å². The van der Waals surface area contributed by atoms with Gasteiger partial charge in [0.15, 0.2) is 0 Å². The van der Waals surface area contributed by atoms with E-state index in [1.165, 1.54) is 44.9 Å². The first-order valence-corrected chi connectivity index (χ1v) is 9.30. The van der Waals surface area contributed by atoms with E-state index in [1.54, 1.807) is 0 Å². The van der Waals surface area contributed by atoms with Gasteiger partial charge in [-0.1, -0.05) is 0 Å². The Kier molecular flexibility index (Phi) is 2.96. The molecule has 3 aromatic heterocycles. The molecule has 0 bridgehead atoms. The van der Waals surface area contributed by atoms with Crippen LogP contribution in [0.5, 0.6) is 0 Å². The number of benzene rings is 1. The Morgan fingerprint density at radius 1 is 0.900 bits per heavy atom. The third-order valence-corrected chi connectivity index (χ3v) is 7.27. The topological polar surface area (TPSA) is 0 Å². The van der Waals surface area contributed by atoms with Gasteiger partial charge in [-0.05, 0) is 54.5 Å². The lowest BCUT2D eigenvalue weighted by Gasteiger charge is -1.94. The maximum absolute atomic E-state index is 4.19. The second kappa shape index (κ2) is 4.60. The van der Waals surface area contributed by atoms with Gasteiger partial charge in [-0.25, -0.2) is 0 Å². The van der Waals surface area contributed by atoms with Crippen LogP contribution in [-0.4, -0.2) is 0 Å². The van der Waals surface area contributed by atoms with E-state index in [1.807, 2.05) is 39.4 Å². The quantitative estimate of drug-likeness (QED) is 0.362. The van der Waals surface area contributed by atoms with Crippen molar-refractivity contribution in [2.24, 2.45) is 0 Å². The Morgan fingerprint density at radius 2 is 1.65 bits per heavy atom. The van der Waals surface area contributed by atoms with E-state index in [9.17, 15) is 0 Å². The van der Waals surface area contributed by atoms with Gasteiger partial charge in [0.2, 0.25) is 0 Å². The first kappa shape index (κ1) is 12.9. The standard InChI is InChI=1S/C16H12S4/c1-8-5-15-16(18-8)11-7-13-10(6-14(11)20-15)9(2)12(19-13)3-4-17/h3-7,17H,1-2H3/b4-3-. The summed E-state index contributed by atoms with van der Waals surface area (Å²) in [4.78, 5) is 2.71. The summed E-state index contributed by atoms with van der Waals surface area (Å²) in [7, 11) is 0. The molecule has 4 heteroatoms. The minimum atomic E-state index is 1.31. The van der Waals surface area contributed by atoms with Crippen LogP contribution in [0.3, 0.4) is 0 Å². The Morgan fingerprint density at radius 3 is 2.45 bits per heavy atom. The minimum absolute atomic E-state index is 1.31. The van der Waals surface area contributed by atoms with Crippen molar-refractivity contribution in [2.75, 3.05) is 0 Å². The largest absolute Gasteiger partial charge is 0.151 e. The highest BCUT2D eigenvalue weighted by atomic mass is 32.1. The van der Waals surface area contributed by atoms with Gasteiger partial charge in [0.05, 0.1) is 4.70 Å². The van der Waals surface area contributed by atoms with Crippen LogP contribution in [0.4, 0.5) is 0 Å². The van der Waals surface area contributed by atoms with Crippen molar-refractivity contribution in [3.05, 3.63) is 38.9 Å². The maximum atomic E-state index is 4.19. The molecule has 0 nitrogen and oxygen atoms in total. The molecule has 0 N–H and O–H groups in total. The summed E-state index contributed by atoms with van der Waals surface area (Å²) in [6.07, 6.45) is 2.09. The van der Waals surface area contributed by atoms with Crippen molar-refractivity contribution >= 4 is 82.3 Å². The van der Waals surface area contributed by atoms with Crippen molar-refractivity contribution in [1.29, 1.82) is 0 Å². The zero-order valence-corrected chi connectivity index (χ0v) is 14.4. The number of rotatable bonds is 1. The van der Waals surface area contributed by atoms with E-state index < -0.39 is 0 Å². The maximum Gasteiger partial charge on any atom is 0.0532 e. The summed E-state index contributed by atoms with van der Waals surface area (Å²) in [6, 6.07) is 7.03. The molecule has 100 valence electrons. The summed E-state index contributed by atoms with van der Waals surface area (Å²) in [5, 5.41) is 4.62. The van der Waals surface area contributed by atoms with Crippen LogP contribution in [0, 0.1) is 13.8 Å². The highest BCUT2D eigenvalue weighted by molar-refractivity contribution is 7.83. The van der Waals surface area contributed by atoms with Crippen molar-refractivity contribution in [3.8, 4) is 0 Å². The van der Waals surface area contributed by atoms with Gasteiger partial charge in [0, 0.05) is 29.2 Å². The first-order chi connectivity index (χ1) is 9.67. The third-order valence-electron chi connectivity index (χ3n) is 3.59. The lowest BCUT2D eigenvalue weighted by molar-refractivity contribution is 1.58. The van der Waals surface area contributed by atoms with Gasteiger partial charge < -0.3 is 0 Å². The van der Waals surface area contributed by atoms with Crippen molar-refractivity contribution < 1.29 is 0 Å². The first-order valence-electron chi connectivity index (χ1n) is 6.34. The predicted molar refractivity (Wildman–Crippen MR) is 100 cm³/mol. The summed E-state index contributed by atoms with van der Waals surface area (Å²) in [5.74, 6) is 0. The van der Waals surface area contributed by atoms with E-state index in [4.69, 9.17) is 0 Å². The molecule has 4 rings (SSSR count). The number of thiophene rings is 3. The number of hydrogen-bond acceptors (Lipinski definition) is 4. The van der Waals surface area contributed by atoms with Gasteiger partial charge in [0.1, 0.15) is 0 Å². The number of aryl methyl sites for hydroxylation is 2. The molecule has 1 aromatic carbocycles. The van der Waals surface area contributed by atoms with Gasteiger partial charge >= 0.3 is 0 Å². The molecule has 0 amide bonds. The highest BCUT2D eigenvalue weighted by Gasteiger charge is 2.12. The second-order valence-corrected chi connectivity index (χ2v) is 8.63. The van der Waals surface area contributed by atoms with E-state index in [0.29, 0.717) is 0 Å². The van der Waals surface area contributed by atoms with Crippen LogP contribution in [0.15, 0.2) is 23.6 Å². The fourth-order valence-corrected chi connectivity index (χ4v) is 6.46. The van der Waals surface area contributed by atoms with Crippen LogP contribution in [0.25, 0.3) is 35.6 Å².